The van der Waals surface area contributed by atoms with E-state index < -0.39 is 0 Å². The van der Waals surface area contributed by atoms with E-state index in [0.717, 1.165) is 15.7 Å². The van der Waals surface area contributed by atoms with Crippen LogP contribution in [0.4, 0.5) is 11.1 Å². The Morgan fingerprint density at radius 1 is 1.47 bits per heavy atom. The average Bonchev–Trinajstić information content (AvgIpc) is 2.71. The second kappa shape index (κ2) is 3.54. The molecule has 2 heterocycles. The molecule has 80 valence electrons. The highest BCUT2D eigenvalue weighted by molar-refractivity contribution is 7.19. The van der Waals surface area contributed by atoms with Crippen LogP contribution in [-0.2, 0) is 0 Å². The highest BCUT2D eigenvalue weighted by atomic mass is 32.1. The molecule has 2 rings (SSSR count). The Morgan fingerprint density at radius 2 is 2.20 bits per heavy atom. The van der Waals surface area contributed by atoms with Crippen LogP contribution in [0.5, 0.6) is 0 Å². The molecule has 0 unspecified atom stereocenters. The predicted octanol–water partition coefficient (Wildman–Crippen LogP) is 1.75. The van der Waals surface area contributed by atoms with Crippen LogP contribution < -0.4 is 10.6 Å². The zero-order valence-corrected chi connectivity index (χ0v) is 9.63. The molecule has 2 aromatic rings. The summed E-state index contributed by atoms with van der Waals surface area (Å²) >= 11 is 1.56. The lowest BCUT2D eigenvalue weighted by Crippen LogP contribution is -2.07. The van der Waals surface area contributed by atoms with Crippen molar-refractivity contribution in [3.05, 3.63) is 11.9 Å². The van der Waals surface area contributed by atoms with Crippen LogP contribution in [0.25, 0.3) is 10.6 Å². The summed E-state index contributed by atoms with van der Waals surface area (Å²) in [5.74, 6) is 0.676. The van der Waals surface area contributed by atoms with Crippen molar-refractivity contribution in [2.45, 2.75) is 6.92 Å². The van der Waals surface area contributed by atoms with Crippen LogP contribution in [0, 0.1) is 6.92 Å². The van der Waals surface area contributed by atoms with Gasteiger partial charge in [0.15, 0.2) is 10.9 Å². The Balaban J connectivity index is 2.44. The van der Waals surface area contributed by atoms with Gasteiger partial charge in [0.05, 0.1) is 16.8 Å². The molecule has 2 N–H and O–H groups in total. The van der Waals surface area contributed by atoms with E-state index in [9.17, 15) is 0 Å². The van der Waals surface area contributed by atoms with Crippen molar-refractivity contribution in [1.82, 2.24) is 9.97 Å². The fraction of sp³-hybridized carbons (Fsp3) is 0.333. The van der Waals surface area contributed by atoms with Crippen LogP contribution in [-0.4, -0.2) is 24.1 Å². The summed E-state index contributed by atoms with van der Waals surface area (Å²) in [6, 6.07) is 0.184. The van der Waals surface area contributed by atoms with Gasteiger partial charge in [0, 0.05) is 14.1 Å². The molecule has 0 bridgehead atoms. The third-order valence-corrected chi connectivity index (χ3v) is 3.25. The Hall–Kier alpha value is -1.56. The molecule has 15 heavy (non-hydrogen) atoms. The van der Waals surface area contributed by atoms with Gasteiger partial charge in [-0.05, 0) is 6.92 Å². The molecule has 0 saturated heterocycles. The summed E-state index contributed by atoms with van der Waals surface area (Å²) in [6.07, 6.45) is 1.62. The van der Waals surface area contributed by atoms with E-state index in [1.54, 1.807) is 17.5 Å². The highest BCUT2D eigenvalue weighted by Crippen LogP contribution is 2.34. The number of rotatable bonds is 2. The maximum Gasteiger partial charge on any atom is 0.292 e. The van der Waals surface area contributed by atoms with Gasteiger partial charge < -0.3 is 15.1 Å². The van der Waals surface area contributed by atoms with Gasteiger partial charge in [-0.25, -0.2) is 9.97 Å². The number of hydrogen-bond acceptors (Lipinski definition) is 6. The lowest BCUT2D eigenvalue weighted by atomic mass is 10.3. The van der Waals surface area contributed by atoms with Crippen LogP contribution >= 0.6 is 11.3 Å². The SMILES string of the molecule is Cc1nc(N(C)C)sc1-c1cnc(N)o1. The zero-order chi connectivity index (χ0) is 11.0. The maximum absolute atomic E-state index is 5.43. The van der Waals surface area contributed by atoms with E-state index in [4.69, 9.17) is 10.2 Å². The number of hydrogen-bond donors (Lipinski definition) is 1. The lowest BCUT2D eigenvalue weighted by Gasteiger charge is -2.04. The minimum absolute atomic E-state index is 0.184. The molecular weight excluding hydrogens is 212 g/mol. The van der Waals surface area contributed by atoms with Crippen LogP contribution in [0.15, 0.2) is 10.6 Å². The van der Waals surface area contributed by atoms with Gasteiger partial charge in [-0.15, -0.1) is 0 Å². The van der Waals surface area contributed by atoms with Crippen molar-refractivity contribution >= 4 is 22.5 Å². The van der Waals surface area contributed by atoms with E-state index in [1.165, 1.54) is 0 Å². The number of aromatic nitrogens is 2. The Morgan fingerprint density at radius 3 is 2.67 bits per heavy atom. The molecule has 0 saturated carbocycles. The molecule has 0 aromatic carbocycles. The van der Waals surface area contributed by atoms with Crippen LogP contribution in [0.1, 0.15) is 5.69 Å². The second-order valence-corrected chi connectivity index (χ2v) is 4.35. The van der Waals surface area contributed by atoms with E-state index in [-0.39, 0.29) is 6.01 Å². The predicted molar refractivity (Wildman–Crippen MR) is 61.1 cm³/mol. The fourth-order valence-electron chi connectivity index (χ4n) is 1.19. The number of nitrogen functional groups attached to an aromatic ring is 1. The number of anilines is 2. The van der Waals surface area contributed by atoms with Gasteiger partial charge in [-0.2, -0.15) is 0 Å². The van der Waals surface area contributed by atoms with Crippen molar-refractivity contribution in [3.63, 3.8) is 0 Å². The Labute approximate surface area is 91.6 Å². The van der Waals surface area contributed by atoms with E-state index in [1.807, 2.05) is 25.9 Å². The third kappa shape index (κ3) is 1.80. The zero-order valence-electron chi connectivity index (χ0n) is 8.81. The standard InChI is InChI=1S/C9H12N4OS/c1-5-7(6-4-11-8(10)14-6)15-9(12-5)13(2)3/h4H,1-3H3,(H2,10,11). The molecule has 0 atom stereocenters. The van der Waals surface area contributed by atoms with Gasteiger partial charge in [0.1, 0.15) is 0 Å². The number of nitrogens with two attached hydrogens (primary N) is 1. The smallest absolute Gasteiger partial charge is 0.292 e. The van der Waals surface area contributed by atoms with Crippen molar-refractivity contribution in [2.75, 3.05) is 24.7 Å². The number of aryl methyl sites for hydroxylation is 1. The molecule has 5 nitrogen and oxygen atoms in total. The minimum Gasteiger partial charge on any atom is -0.423 e. The minimum atomic E-state index is 0.184. The second-order valence-electron chi connectivity index (χ2n) is 3.37. The Kier molecular flexibility index (Phi) is 2.36. The lowest BCUT2D eigenvalue weighted by molar-refractivity contribution is 0.595. The summed E-state index contributed by atoms with van der Waals surface area (Å²) in [6.45, 7) is 1.94. The molecule has 0 fully saturated rings. The summed E-state index contributed by atoms with van der Waals surface area (Å²) < 4.78 is 5.26. The third-order valence-electron chi connectivity index (χ3n) is 1.92. The van der Waals surface area contributed by atoms with E-state index >= 15 is 0 Å². The van der Waals surface area contributed by atoms with E-state index in [0.29, 0.717) is 5.76 Å². The van der Waals surface area contributed by atoms with Crippen molar-refractivity contribution in [1.29, 1.82) is 0 Å². The summed E-state index contributed by atoms with van der Waals surface area (Å²) in [5.41, 5.74) is 6.36. The molecule has 0 aliphatic carbocycles. The average molecular weight is 224 g/mol. The maximum atomic E-state index is 5.43. The van der Waals surface area contributed by atoms with Gasteiger partial charge >= 0.3 is 0 Å². The van der Waals surface area contributed by atoms with Gasteiger partial charge in [0.2, 0.25) is 0 Å². The molecule has 0 radical (unpaired) electrons. The van der Waals surface area contributed by atoms with Gasteiger partial charge in [-0.1, -0.05) is 11.3 Å². The van der Waals surface area contributed by atoms with E-state index in [2.05, 4.69) is 9.97 Å². The molecule has 0 spiro atoms. The normalized spacial score (nSPS) is 10.6. The first-order valence-corrected chi connectivity index (χ1v) is 5.26. The first-order chi connectivity index (χ1) is 7.08. The largest absolute Gasteiger partial charge is 0.423 e. The van der Waals surface area contributed by atoms with Crippen LogP contribution in [0.2, 0.25) is 0 Å². The molecule has 0 amide bonds. The summed E-state index contributed by atoms with van der Waals surface area (Å²) in [7, 11) is 3.91. The van der Waals surface area contributed by atoms with Gasteiger partial charge in [-0.3, -0.25) is 0 Å². The molecule has 6 heteroatoms. The first-order valence-electron chi connectivity index (χ1n) is 4.44. The topological polar surface area (TPSA) is 68.2 Å². The first kappa shape index (κ1) is 9.97. The van der Waals surface area contributed by atoms with Crippen molar-refractivity contribution < 1.29 is 4.42 Å². The summed E-state index contributed by atoms with van der Waals surface area (Å²) in [4.78, 5) is 11.2. The summed E-state index contributed by atoms with van der Waals surface area (Å²) in [5, 5.41) is 0.942. The van der Waals surface area contributed by atoms with Crippen molar-refractivity contribution in [2.24, 2.45) is 0 Å². The van der Waals surface area contributed by atoms with Crippen molar-refractivity contribution in [3.8, 4) is 10.6 Å². The Bertz CT molecular complexity index is 474. The number of thiazole rings is 1. The molecule has 0 aliphatic heterocycles. The number of oxazole rings is 1. The quantitative estimate of drug-likeness (QED) is 0.841. The number of nitrogens with zero attached hydrogens (tertiary/aromatic N) is 3. The molecule has 0 aliphatic rings. The highest BCUT2D eigenvalue weighted by Gasteiger charge is 2.14. The monoisotopic (exact) mass is 224 g/mol. The molecule has 2 aromatic heterocycles. The fourth-order valence-corrected chi connectivity index (χ4v) is 2.13. The molecular formula is C9H12N4OS. The van der Waals surface area contributed by atoms with Crippen LogP contribution in [0.3, 0.4) is 0 Å². The van der Waals surface area contributed by atoms with Gasteiger partial charge in [0.25, 0.3) is 6.01 Å².